The largest absolute Gasteiger partial charge is 0.506 e. The topological polar surface area (TPSA) is 37.3 Å². The van der Waals surface area contributed by atoms with Crippen LogP contribution in [-0.2, 0) is 11.2 Å². The van der Waals surface area contributed by atoms with E-state index < -0.39 is 0 Å². The van der Waals surface area contributed by atoms with Crippen LogP contribution in [0.5, 0.6) is 0 Å². The highest BCUT2D eigenvalue weighted by atomic mass is 16.3. The molecule has 0 aromatic rings. The molecule has 2 nitrogen and oxygen atoms in total. The van der Waals surface area contributed by atoms with Gasteiger partial charge in [-0.05, 0) is 114 Å². The lowest BCUT2D eigenvalue weighted by atomic mass is 9.78. The average molecular weight is 477 g/mol. The molecule has 0 unspecified atom stereocenters. The summed E-state index contributed by atoms with van der Waals surface area (Å²) < 4.78 is 0. The van der Waals surface area contributed by atoms with Gasteiger partial charge >= 0.3 is 0 Å². The van der Waals surface area contributed by atoms with Gasteiger partial charge in [-0.25, -0.2) is 0 Å². The van der Waals surface area contributed by atoms with E-state index in [1.807, 2.05) is 0 Å². The molecule has 0 fully saturated rings. The predicted molar refractivity (Wildman–Crippen MR) is 150 cm³/mol. The number of aliphatic hydroxyl groups excluding tert-OH is 1. The van der Waals surface area contributed by atoms with Gasteiger partial charge < -0.3 is 5.11 Å². The van der Waals surface area contributed by atoms with Gasteiger partial charge in [-0.15, -0.1) is 0 Å². The van der Waals surface area contributed by atoms with Crippen LogP contribution in [-0.4, -0.2) is 10.9 Å². The monoisotopic (exact) mass is 476 g/mol. The zero-order valence-corrected chi connectivity index (χ0v) is 22.6. The number of rotatable bonds is 4. The van der Waals surface area contributed by atoms with Crippen LogP contribution in [0.4, 0.5) is 0 Å². The van der Waals surface area contributed by atoms with Crippen LogP contribution >= 0.6 is 0 Å². The molecule has 5 aliphatic rings. The number of carbonyl (C=O) groups excluding carboxylic acids is 1. The Bertz CT molecular complexity index is 1480. The minimum absolute atomic E-state index is 0.0373. The second kappa shape index (κ2) is 8.92. The van der Waals surface area contributed by atoms with Crippen molar-refractivity contribution in [1.29, 1.82) is 0 Å². The van der Waals surface area contributed by atoms with Crippen molar-refractivity contribution in [2.75, 3.05) is 0 Å². The summed E-state index contributed by atoms with van der Waals surface area (Å²) in [7, 11) is 0. The number of hydrogen-bond acceptors (Lipinski definition) is 2. The molecule has 0 heterocycles. The van der Waals surface area contributed by atoms with Gasteiger partial charge in [0.25, 0.3) is 0 Å². The molecule has 0 saturated carbocycles. The minimum Gasteiger partial charge on any atom is -0.506 e. The molecule has 0 spiro atoms. The van der Waals surface area contributed by atoms with E-state index in [0.717, 1.165) is 51.8 Å². The van der Waals surface area contributed by atoms with Crippen LogP contribution in [0.25, 0.3) is 16.7 Å². The summed E-state index contributed by atoms with van der Waals surface area (Å²) in [6.07, 6.45) is 9.43. The van der Waals surface area contributed by atoms with E-state index in [9.17, 15) is 9.90 Å². The molecule has 2 heteroatoms. The Kier molecular flexibility index (Phi) is 6.03. The van der Waals surface area contributed by atoms with Crippen molar-refractivity contribution < 1.29 is 9.90 Å². The van der Waals surface area contributed by atoms with Crippen molar-refractivity contribution in [2.24, 2.45) is 5.92 Å². The zero-order valence-electron chi connectivity index (χ0n) is 22.6. The fourth-order valence-corrected chi connectivity index (χ4v) is 6.00. The summed E-state index contributed by atoms with van der Waals surface area (Å²) in [6.45, 7) is 15.1. The average Bonchev–Trinajstić information content (AvgIpc) is 3.13. The third kappa shape index (κ3) is 3.66. The summed E-state index contributed by atoms with van der Waals surface area (Å²) in [6, 6.07) is 8.68. The van der Waals surface area contributed by atoms with Crippen molar-refractivity contribution in [2.45, 2.75) is 67.7 Å². The first-order chi connectivity index (χ1) is 17.1. The summed E-state index contributed by atoms with van der Waals surface area (Å²) in [5, 5.41) is 11.4. The zero-order chi connectivity index (χ0) is 25.9. The number of fused-ring (bicyclic) bond motifs is 2. The van der Waals surface area contributed by atoms with E-state index in [1.54, 1.807) is 0 Å². The Balaban J connectivity index is 1.65. The number of ketones is 1. The Morgan fingerprint density at radius 2 is 1.67 bits per heavy atom. The normalized spacial score (nSPS) is 20.0. The molecule has 0 radical (unpaired) electrons. The Labute approximate surface area is 215 Å². The molecular weight excluding hydrogens is 440 g/mol. The van der Waals surface area contributed by atoms with Gasteiger partial charge in [0.1, 0.15) is 5.76 Å². The van der Waals surface area contributed by atoms with Crippen molar-refractivity contribution >= 4 is 11.4 Å². The number of carbonyl (C=O) groups is 1. The maximum Gasteiger partial charge on any atom is 0.201 e. The van der Waals surface area contributed by atoms with Crippen molar-refractivity contribution in [3.63, 3.8) is 0 Å². The molecule has 0 aliphatic heterocycles. The number of aliphatic hydroxyl groups is 1. The minimum atomic E-state index is -0.0373. The van der Waals surface area contributed by atoms with E-state index in [-0.39, 0.29) is 11.5 Å². The third-order valence-corrected chi connectivity index (χ3v) is 8.00. The molecule has 184 valence electrons. The molecule has 0 atom stereocenters. The first-order valence-corrected chi connectivity index (χ1v) is 13.2. The van der Waals surface area contributed by atoms with Crippen LogP contribution in [0.15, 0.2) is 87.3 Å². The van der Waals surface area contributed by atoms with Crippen LogP contribution in [0.2, 0.25) is 0 Å². The molecule has 5 aliphatic carbocycles. The van der Waals surface area contributed by atoms with E-state index in [1.165, 1.54) is 27.8 Å². The molecule has 1 N–H and O–H groups in total. The van der Waals surface area contributed by atoms with Gasteiger partial charge in [-0.3, -0.25) is 4.79 Å². The fraction of sp³-hybridized carbons (Fsp3) is 0.324. The van der Waals surface area contributed by atoms with Crippen molar-refractivity contribution in [1.82, 2.24) is 0 Å². The number of allylic oxidation sites excluding steroid dienone is 11. The predicted octanol–water partition coefficient (Wildman–Crippen LogP) is 8.70. The number of aryl methyl sites for hydroxylation is 3. The lowest BCUT2D eigenvalue weighted by Crippen LogP contribution is -2.23. The van der Waals surface area contributed by atoms with Crippen LogP contribution in [0.3, 0.4) is 0 Å². The standard InChI is InChI=1S/C34H36O2/c1-8-9-23-12-10-19(4)29-25(16-23)21(6)14-27(29)31-33(35)32(34(31)36)28-15-22(7)26-17-24(18(2)3)13-11-20(5)30(26)28/h10-14,16-18,35H,8-9,15H2,1-7H3. The molecule has 36 heavy (non-hydrogen) atoms. The molecular formula is C34H36O2. The molecule has 0 bridgehead atoms. The Morgan fingerprint density at radius 3 is 2.33 bits per heavy atom. The van der Waals surface area contributed by atoms with Crippen LogP contribution in [0, 0.1) is 19.8 Å². The van der Waals surface area contributed by atoms with Gasteiger partial charge in [0.2, 0.25) is 5.78 Å². The maximum absolute atomic E-state index is 13.8. The highest BCUT2D eigenvalue weighted by Gasteiger charge is 2.41. The van der Waals surface area contributed by atoms with E-state index in [2.05, 4.69) is 91.0 Å². The molecule has 5 rings (SSSR count). The Hall–Kier alpha value is -3.39. The third-order valence-electron chi connectivity index (χ3n) is 8.00. The Morgan fingerprint density at radius 1 is 0.917 bits per heavy atom. The summed E-state index contributed by atoms with van der Waals surface area (Å²) in [5.74, 6) is 0.536. The SMILES string of the molecule is CCCc1ccc(C)c2c(C3=C(O)C(=C4CC(C)=C5C=C(C(C)C)C=CC(C)=C54)C3=O)cc(C)c-2c1. The van der Waals surface area contributed by atoms with Gasteiger partial charge in [-0.1, -0.05) is 69.2 Å². The summed E-state index contributed by atoms with van der Waals surface area (Å²) in [5.41, 5.74) is 14.6. The van der Waals surface area contributed by atoms with Crippen LogP contribution in [0.1, 0.15) is 69.7 Å². The second-order valence-corrected chi connectivity index (χ2v) is 11.0. The highest BCUT2D eigenvalue weighted by molar-refractivity contribution is 6.40. The highest BCUT2D eigenvalue weighted by Crippen LogP contribution is 2.50. The maximum atomic E-state index is 13.8. The van der Waals surface area contributed by atoms with Crippen LogP contribution < -0.4 is 0 Å². The van der Waals surface area contributed by atoms with Gasteiger partial charge in [0.05, 0.1) is 11.1 Å². The first kappa shape index (κ1) is 24.3. The van der Waals surface area contributed by atoms with Gasteiger partial charge in [0, 0.05) is 0 Å². The van der Waals surface area contributed by atoms with Gasteiger partial charge in [-0.2, -0.15) is 0 Å². The van der Waals surface area contributed by atoms with E-state index in [4.69, 9.17) is 0 Å². The second-order valence-electron chi connectivity index (χ2n) is 11.0. The summed E-state index contributed by atoms with van der Waals surface area (Å²) >= 11 is 0. The summed E-state index contributed by atoms with van der Waals surface area (Å²) in [4.78, 5) is 13.8. The molecule has 0 saturated heterocycles. The van der Waals surface area contributed by atoms with E-state index in [0.29, 0.717) is 23.5 Å². The number of Topliss-reactive ketones (excluding diaryl/α,β-unsaturated/α-hetero) is 1. The lowest BCUT2D eigenvalue weighted by molar-refractivity contribution is -0.111. The van der Waals surface area contributed by atoms with Gasteiger partial charge in [0.15, 0.2) is 0 Å². The molecule has 0 aromatic carbocycles. The first-order valence-electron chi connectivity index (χ1n) is 13.2. The molecule has 0 amide bonds. The number of hydrogen-bond donors (Lipinski definition) is 1. The van der Waals surface area contributed by atoms with Crippen molar-refractivity contribution in [3.05, 3.63) is 110 Å². The lowest BCUT2D eigenvalue weighted by Gasteiger charge is -2.25. The fourth-order valence-electron chi connectivity index (χ4n) is 6.00. The van der Waals surface area contributed by atoms with E-state index >= 15 is 0 Å². The quantitative estimate of drug-likeness (QED) is 0.448. The van der Waals surface area contributed by atoms with Crippen molar-refractivity contribution in [3.8, 4) is 11.1 Å². The smallest absolute Gasteiger partial charge is 0.201 e. The molecule has 0 aromatic heterocycles.